The van der Waals surface area contributed by atoms with Gasteiger partial charge in [-0.25, -0.2) is 69.0 Å². The molecule has 0 aliphatic heterocycles. The van der Waals surface area contributed by atoms with Crippen molar-refractivity contribution in [2.24, 2.45) is 5.92 Å². The third kappa shape index (κ3) is 37.7. The molecule has 6 heterocycles. The van der Waals surface area contributed by atoms with E-state index in [2.05, 4.69) is 64.2 Å². The van der Waals surface area contributed by atoms with E-state index in [-0.39, 0.29) is 76.3 Å². The summed E-state index contributed by atoms with van der Waals surface area (Å²) >= 11 is 35.0. The summed E-state index contributed by atoms with van der Waals surface area (Å²) in [6.07, 6.45) is 10.9. The zero-order valence-electron chi connectivity index (χ0n) is 67.2. The van der Waals surface area contributed by atoms with E-state index in [1.54, 1.807) is 117 Å². The summed E-state index contributed by atoms with van der Waals surface area (Å²) in [5, 5.41) is 16.9. The second-order valence-electron chi connectivity index (χ2n) is 27.8. The maximum atomic E-state index is 13.1. The van der Waals surface area contributed by atoms with Crippen molar-refractivity contribution in [1.82, 2.24) is 66.2 Å². The first-order valence-electron chi connectivity index (χ1n) is 34.0. The zero-order chi connectivity index (χ0) is 86.2. The molecule has 6 aromatic rings. The number of nitrogens with zero attached hydrogens (tertiary/aromatic N) is 14. The van der Waals surface area contributed by atoms with Gasteiger partial charge in [0.25, 0.3) is 0 Å². The van der Waals surface area contributed by atoms with Crippen LogP contribution in [0.2, 0.25) is 30.9 Å². The van der Waals surface area contributed by atoms with Gasteiger partial charge in [-0.2, -0.15) is 41.7 Å². The van der Waals surface area contributed by atoms with Crippen molar-refractivity contribution in [3.63, 3.8) is 0 Å². The molecule has 1 aliphatic rings. The number of nitrogens with one attached hydrogen (secondary N) is 1. The van der Waals surface area contributed by atoms with Crippen LogP contribution in [0.25, 0.3) is 11.3 Å². The van der Waals surface area contributed by atoms with Gasteiger partial charge in [-0.3, -0.25) is 5.10 Å². The zero-order valence-corrected chi connectivity index (χ0v) is 72.6. The molecular formula is C70H100Cl6F3N17O18S. The summed E-state index contributed by atoms with van der Waals surface area (Å²) in [4.78, 5) is 103. The standard InChI is InChI=1S/C21H31N5O6.C18H28ClN3O5.C9H10F3NO3S.C8H10Cl2N2O.C8H12ClN3O.C6H4Cl2N2O.H3N.H2O/c1-20(2,3)31-18(27)26(19(28)32-21(4,5)6)17-14(9-15(29-7)30-8)16(22-12-23-17)13-10-24-25-11-13;1-11(25-8)9-12-13(19)20-10-21-14(12)22(15(23)26-17(2,3)4)16(24)27-18(5,6)7;10-9(11,12)17(14,15)16-8(5-6-13)7-3-1-2-4-7;2*1-5(13-2)3-6-7(9)11-4-12-8(6)10;7-5-4(1-2-11)6(8)10-3-9-5;;/h10-12,15H,9H2,1-8H3,(H,24,25);10-11H,9H2,1-8H3;5,7H,1-4H2;4-5H,3H2,1-2H3;4-5H,3H2,1-2H3,(H2,10,11,12);2-3H,1H2;1H3;1H2. The van der Waals surface area contributed by atoms with E-state index in [0.29, 0.717) is 81.2 Å². The van der Waals surface area contributed by atoms with Crippen molar-refractivity contribution < 1.29 is 97.9 Å². The van der Waals surface area contributed by atoms with Crippen molar-refractivity contribution in [2.75, 3.05) is 51.1 Å². The number of anilines is 3. The highest BCUT2D eigenvalue weighted by atomic mass is 35.5. The molecule has 35 nitrogen and oxygen atoms in total. The van der Waals surface area contributed by atoms with E-state index in [9.17, 15) is 45.6 Å². The first kappa shape index (κ1) is 107. The Bertz CT molecular complexity index is 4070. The number of carbonyl (C=O) groups is 5. The van der Waals surface area contributed by atoms with Gasteiger partial charge in [0, 0.05) is 113 Å². The van der Waals surface area contributed by atoms with E-state index in [1.807, 2.05) is 20.8 Å². The van der Waals surface area contributed by atoms with Crippen LogP contribution in [-0.4, -0.2) is 193 Å². The number of aldehydes is 1. The van der Waals surface area contributed by atoms with Gasteiger partial charge < -0.3 is 69.0 Å². The van der Waals surface area contributed by atoms with Crippen LogP contribution in [0.15, 0.2) is 55.9 Å². The number of hydrogen-bond donors (Lipinski definition) is 3. The number of nitrogens with two attached hydrogens (primary N) is 1. The number of methoxy groups -OCH3 is 5. The topological polar surface area (TPSA) is 492 Å². The van der Waals surface area contributed by atoms with Gasteiger partial charge in [-0.15, -0.1) is 0 Å². The number of H-pyrrole nitrogens is 1. The fourth-order valence-corrected chi connectivity index (χ4v) is 10.7. The molecule has 7 rings (SSSR count). The Balaban J connectivity index is 0.00000141. The molecule has 0 aromatic carbocycles. The molecule has 8 N–H and O–H groups in total. The number of aromatic nitrogens is 12. The minimum absolute atomic E-state index is 0. The Morgan fingerprint density at radius 2 is 0.904 bits per heavy atom. The van der Waals surface area contributed by atoms with Gasteiger partial charge in [0.15, 0.2) is 17.9 Å². The highest BCUT2D eigenvalue weighted by Gasteiger charge is 2.49. The number of rotatable bonds is 21. The number of halogens is 9. The smallest absolute Gasteiger partial charge is 0.443 e. The van der Waals surface area contributed by atoms with Gasteiger partial charge in [0.05, 0.1) is 42.3 Å². The molecule has 0 spiro atoms. The molecule has 3 atom stereocenters. The first-order chi connectivity index (χ1) is 52.4. The number of hydrogen-bond acceptors (Lipinski definition) is 31. The molecule has 4 amide bonds. The Kier molecular flexibility index (Phi) is 46.2. The van der Waals surface area contributed by atoms with E-state index in [1.165, 1.54) is 51.9 Å². The average Bonchev–Trinajstić information content (AvgIpc) is 1.60. The molecule has 1 aliphatic carbocycles. The van der Waals surface area contributed by atoms with Gasteiger partial charge in [0.1, 0.15) is 103 Å². The van der Waals surface area contributed by atoms with E-state index in [4.69, 9.17) is 123 Å². The van der Waals surface area contributed by atoms with Crippen LogP contribution in [0.4, 0.5) is 49.8 Å². The van der Waals surface area contributed by atoms with Crippen LogP contribution in [0, 0.1) is 17.2 Å². The predicted octanol–water partition coefficient (Wildman–Crippen LogP) is 15.1. The van der Waals surface area contributed by atoms with Crippen LogP contribution in [0.1, 0.15) is 157 Å². The fourth-order valence-electron chi connectivity index (χ4n) is 8.84. The van der Waals surface area contributed by atoms with Crippen LogP contribution in [0.3, 0.4) is 0 Å². The van der Waals surface area contributed by atoms with Gasteiger partial charge in [0.2, 0.25) is 0 Å². The second kappa shape index (κ2) is 49.8. The predicted molar refractivity (Wildman–Crippen MR) is 424 cm³/mol. The Morgan fingerprint density at radius 3 is 1.25 bits per heavy atom. The number of amides is 4. The normalized spacial score (nSPS) is 13.1. The molecule has 3 unspecified atom stereocenters. The number of aromatic amines is 1. The van der Waals surface area contributed by atoms with Crippen molar-refractivity contribution in [2.45, 2.75) is 214 Å². The number of nitrogen functional groups attached to an aromatic ring is 1. The minimum Gasteiger partial charge on any atom is -0.443 e. The number of nitriles is 1. The van der Waals surface area contributed by atoms with E-state index in [0.717, 1.165) is 39.8 Å². The van der Waals surface area contributed by atoms with Gasteiger partial charge in [-0.1, -0.05) is 82.4 Å². The fraction of sp³-hybridized carbons (Fsp3) is 0.557. The molecule has 45 heteroatoms. The lowest BCUT2D eigenvalue weighted by Gasteiger charge is -2.29. The van der Waals surface area contributed by atoms with Crippen LogP contribution < -0.4 is 21.7 Å². The first-order valence-corrected chi connectivity index (χ1v) is 37.7. The lowest BCUT2D eigenvalue weighted by atomic mass is 10.1. The largest absolute Gasteiger partial charge is 0.534 e. The van der Waals surface area contributed by atoms with Crippen molar-refractivity contribution in [1.29, 1.82) is 5.26 Å². The summed E-state index contributed by atoms with van der Waals surface area (Å²) in [7, 11) is 2.10. The number of carbonyl (C=O) groups excluding carboxylic acids is 5. The molecule has 1 fully saturated rings. The summed E-state index contributed by atoms with van der Waals surface area (Å²) in [6, 6.07) is 1.50. The molecular weight excluding hydrogens is 1670 g/mol. The third-order valence-corrected chi connectivity index (χ3v) is 17.2. The van der Waals surface area contributed by atoms with Crippen LogP contribution in [0.5, 0.6) is 0 Å². The second-order valence-corrected chi connectivity index (χ2v) is 31.5. The molecule has 642 valence electrons. The van der Waals surface area contributed by atoms with E-state index < -0.39 is 80.4 Å². The quantitative estimate of drug-likeness (QED) is 0.00880. The monoisotopic (exact) mass is 1770 g/mol. The Morgan fingerprint density at radius 1 is 0.557 bits per heavy atom. The third-order valence-electron chi connectivity index (χ3n) is 14.2. The van der Waals surface area contributed by atoms with Crippen LogP contribution >= 0.6 is 69.6 Å². The van der Waals surface area contributed by atoms with Gasteiger partial charge >= 0.3 is 40.0 Å². The number of imide groups is 2. The Hall–Kier alpha value is -8.21. The molecule has 0 saturated heterocycles. The highest BCUT2D eigenvalue weighted by molar-refractivity contribution is 7.87. The highest BCUT2D eigenvalue weighted by Crippen LogP contribution is 2.37. The number of alkyl halides is 3. The number of ether oxygens (including phenoxy) is 9. The molecule has 0 bridgehead atoms. The summed E-state index contributed by atoms with van der Waals surface area (Å²) in [5.74, 6) is -0.417. The average molecular weight is 1770 g/mol. The SMILES string of the molecule is COC(C)Cc1c(Cl)ncnc1Cl.COC(C)Cc1c(Cl)ncnc1N(C(=O)OC(C)(C)C)C(=O)OC(C)(C)C.COC(C)Cc1c(N)ncnc1Cl.COC(Cc1c(-c2cn[nH]c2)ncnc1N(C(=O)OC(C)(C)C)C(=O)OC(C)(C)C)OC.N.N#CC=C(OS(=O)(=O)C(F)(F)F)C1CCCC1.O.O=CCc1c(Cl)ncnc1Cl. The van der Waals surface area contributed by atoms with Crippen molar-refractivity contribution in [3.05, 3.63) is 115 Å². The maximum absolute atomic E-state index is 13.1. The lowest BCUT2D eigenvalue weighted by Crippen LogP contribution is -2.45. The number of allylic oxidation sites excluding steroid dienone is 2. The summed E-state index contributed by atoms with van der Waals surface area (Å²) in [6.45, 7) is 26.0. The Labute approximate surface area is 696 Å². The van der Waals surface area contributed by atoms with Gasteiger partial charge in [-0.05, 0) is 117 Å². The molecule has 115 heavy (non-hydrogen) atoms. The van der Waals surface area contributed by atoms with Crippen molar-refractivity contribution in [3.8, 4) is 17.3 Å². The summed E-state index contributed by atoms with van der Waals surface area (Å²) < 4.78 is 110. The summed E-state index contributed by atoms with van der Waals surface area (Å²) in [5.41, 5.74) is 0.618. The molecule has 0 radical (unpaired) electrons. The van der Waals surface area contributed by atoms with Crippen molar-refractivity contribution >= 4 is 128 Å². The van der Waals surface area contributed by atoms with Crippen LogP contribution in [-0.2, 0) is 93.8 Å². The molecule has 6 aromatic heterocycles. The lowest BCUT2D eigenvalue weighted by molar-refractivity contribution is -0.107. The maximum Gasteiger partial charge on any atom is 0.534 e. The minimum atomic E-state index is -5.68. The molecule has 1 saturated carbocycles. The van der Waals surface area contributed by atoms with E-state index >= 15 is 0 Å².